The number of benzene rings is 2. The van der Waals surface area contributed by atoms with E-state index in [-0.39, 0.29) is 18.2 Å². The predicted octanol–water partition coefficient (Wildman–Crippen LogP) is 5.10. The molecule has 8 heteroatoms. The van der Waals surface area contributed by atoms with Crippen molar-refractivity contribution in [3.05, 3.63) is 69.1 Å². The quantitative estimate of drug-likeness (QED) is 0.557. The van der Waals surface area contributed by atoms with Crippen LogP contribution >= 0.6 is 34.5 Å². The Labute approximate surface area is 188 Å². The van der Waals surface area contributed by atoms with E-state index in [0.717, 1.165) is 24.2 Å². The van der Waals surface area contributed by atoms with Gasteiger partial charge in [0, 0.05) is 36.1 Å². The second kappa shape index (κ2) is 9.16. The Morgan fingerprint density at radius 1 is 1.13 bits per heavy atom. The predicted molar refractivity (Wildman–Crippen MR) is 121 cm³/mol. The van der Waals surface area contributed by atoms with Crippen LogP contribution in [-0.4, -0.2) is 23.3 Å². The van der Waals surface area contributed by atoms with Crippen molar-refractivity contribution in [3.63, 3.8) is 0 Å². The summed E-state index contributed by atoms with van der Waals surface area (Å²) in [4.78, 5) is 30.5. The van der Waals surface area contributed by atoms with Crippen molar-refractivity contribution in [2.45, 2.75) is 25.8 Å². The molecule has 0 spiro atoms. The number of aromatic nitrogens is 1. The summed E-state index contributed by atoms with van der Waals surface area (Å²) in [5, 5.41) is 6.52. The number of hydrogen-bond donors (Lipinski definition) is 1. The van der Waals surface area contributed by atoms with Crippen molar-refractivity contribution in [3.8, 4) is 10.6 Å². The molecule has 2 heterocycles. The molecule has 0 unspecified atom stereocenters. The molecule has 0 atom stereocenters. The Bertz CT molecular complexity index is 1060. The summed E-state index contributed by atoms with van der Waals surface area (Å²) in [6, 6.07) is 13.0. The van der Waals surface area contributed by atoms with Gasteiger partial charge in [0.05, 0.1) is 22.2 Å². The van der Waals surface area contributed by atoms with Crippen LogP contribution in [0.15, 0.2) is 47.8 Å². The van der Waals surface area contributed by atoms with Crippen molar-refractivity contribution in [1.82, 2.24) is 10.3 Å². The van der Waals surface area contributed by atoms with Gasteiger partial charge in [-0.05, 0) is 36.2 Å². The van der Waals surface area contributed by atoms with Crippen LogP contribution in [0, 0.1) is 0 Å². The Hall–Kier alpha value is -2.41. The summed E-state index contributed by atoms with van der Waals surface area (Å²) >= 11 is 13.9. The Morgan fingerprint density at radius 2 is 1.87 bits per heavy atom. The minimum Gasteiger partial charge on any atom is -0.352 e. The zero-order valence-electron chi connectivity index (χ0n) is 16.0. The second-order valence-electron chi connectivity index (χ2n) is 7.01. The Kier molecular flexibility index (Phi) is 6.37. The summed E-state index contributed by atoms with van der Waals surface area (Å²) < 4.78 is 0. The van der Waals surface area contributed by atoms with Crippen molar-refractivity contribution < 1.29 is 9.59 Å². The van der Waals surface area contributed by atoms with Gasteiger partial charge in [0.2, 0.25) is 11.8 Å². The number of hydrogen-bond acceptors (Lipinski definition) is 4. The summed E-state index contributed by atoms with van der Waals surface area (Å²) in [5.74, 6) is 0.0488. The molecule has 0 aliphatic carbocycles. The van der Waals surface area contributed by atoms with Crippen molar-refractivity contribution in [1.29, 1.82) is 0 Å². The fraction of sp³-hybridized carbons (Fsp3) is 0.227. The van der Waals surface area contributed by atoms with Gasteiger partial charge in [-0.2, -0.15) is 0 Å². The molecule has 1 saturated heterocycles. The first-order chi connectivity index (χ1) is 14.5. The third kappa shape index (κ3) is 4.67. The molecule has 5 nitrogen and oxygen atoms in total. The van der Waals surface area contributed by atoms with Crippen LogP contribution in [0.25, 0.3) is 10.6 Å². The summed E-state index contributed by atoms with van der Waals surface area (Å²) in [6.45, 7) is 1.18. The van der Waals surface area contributed by atoms with E-state index in [1.165, 1.54) is 11.3 Å². The second-order valence-corrected chi connectivity index (χ2v) is 8.68. The number of carbonyl (C=O) groups excluding carboxylic acids is 2. The van der Waals surface area contributed by atoms with Gasteiger partial charge in [-0.25, -0.2) is 4.98 Å². The Balaban J connectivity index is 1.33. The van der Waals surface area contributed by atoms with Gasteiger partial charge in [-0.15, -0.1) is 11.3 Å². The van der Waals surface area contributed by atoms with E-state index in [0.29, 0.717) is 39.3 Å². The van der Waals surface area contributed by atoms with E-state index in [4.69, 9.17) is 23.2 Å². The van der Waals surface area contributed by atoms with Gasteiger partial charge < -0.3 is 10.2 Å². The molecular weight excluding hydrogens is 441 g/mol. The van der Waals surface area contributed by atoms with Gasteiger partial charge in [0.15, 0.2) is 0 Å². The smallest absolute Gasteiger partial charge is 0.227 e. The van der Waals surface area contributed by atoms with Crippen molar-refractivity contribution in [2.75, 3.05) is 11.4 Å². The number of nitrogens with zero attached hydrogens (tertiary/aromatic N) is 2. The van der Waals surface area contributed by atoms with Crippen LogP contribution < -0.4 is 10.2 Å². The molecule has 0 radical (unpaired) electrons. The highest BCUT2D eigenvalue weighted by Gasteiger charge is 2.21. The van der Waals surface area contributed by atoms with Crippen LogP contribution in [0.5, 0.6) is 0 Å². The van der Waals surface area contributed by atoms with Gasteiger partial charge in [0.1, 0.15) is 5.01 Å². The lowest BCUT2D eigenvalue weighted by Gasteiger charge is -2.16. The SMILES string of the molecule is O=C(Cc1csc(-c2c(Cl)cccc2Cl)n1)NCc1ccc(N2CCCC2=O)cc1. The number of carbonyl (C=O) groups is 2. The molecule has 1 fully saturated rings. The zero-order chi connectivity index (χ0) is 21.1. The van der Waals surface area contributed by atoms with Crippen LogP contribution in [0.2, 0.25) is 10.0 Å². The third-order valence-electron chi connectivity index (χ3n) is 4.88. The van der Waals surface area contributed by atoms with E-state index in [1.54, 1.807) is 23.1 Å². The van der Waals surface area contributed by atoms with E-state index < -0.39 is 0 Å². The van der Waals surface area contributed by atoms with Crippen LogP contribution in [0.4, 0.5) is 5.69 Å². The summed E-state index contributed by atoms with van der Waals surface area (Å²) in [6.07, 6.45) is 1.69. The first kappa shape index (κ1) is 20.8. The molecule has 154 valence electrons. The molecule has 2 aromatic carbocycles. The highest BCUT2D eigenvalue weighted by molar-refractivity contribution is 7.13. The highest BCUT2D eigenvalue weighted by atomic mass is 35.5. The monoisotopic (exact) mass is 459 g/mol. The molecule has 1 aliphatic heterocycles. The topological polar surface area (TPSA) is 62.3 Å². The normalized spacial score (nSPS) is 13.7. The van der Waals surface area contributed by atoms with Crippen LogP contribution in [0.1, 0.15) is 24.1 Å². The molecule has 4 rings (SSSR count). The number of nitrogens with one attached hydrogen (secondary N) is 1. The molecule has 3 aromatic rings. The van der Waals surface area contributed by atoms with Gasteiger partial charge in [-0.3, -0.25) is 9.59 Å². The molecule has 30 heavy (non-hydrogen) atoms. The van der Waals surface area contributed by atoms with Crippen molar-refractivity contribution in [2.24, 2.45) is 0 Å². The van der Waals surface area contributed by atoms with Gasteiger partial charge in [-0.1, -0.05) is 41.4 Å². The molecule has 0 bridgehead atoms. The van der Waals surface area contributed by atoms with E-state index in [1.807, 2.05) is 29.6 Å². The largest absolute Gasteiger partial charge is 0.352 e. The summed E-state index contributed by atoms with van der Waals surface area (Å²) in [5.41, 5.74) is 3.24. The maximum absolute atomic E-state index is 12.3. The Morgan fingerprint density at radius 3 is 2.53 bits per heavy atom. The lowest BCUT2D eigenvalue weighted by Crippen LogP contribution is -2.25. The van der Waals surface area contributed by atoms with Gasteiger partial charge in [0.25, 0.3) is 0 Å². The molecule has 1 N–H and O–H groups in total. The lowest BCUT2D eigenvalue weighted by atomic mass is 10.2. The molecule has 1 aliphatic rings. The first-order valence-electron chi connectivity index (χ1n) is 9.56. The lowest BCUT2D eigenvalue weighted by molar-refractivity contribution is -0.120. The van der Waals surface area contributed by atoms with Gasteiger partial charge >= 0.3 is 0 Å². The average Bonchev–Trinajstić information content (AvgIpc) is 3.36. The van der Waals surface area contributed by atoms with Crippen LogP contribution in [0.3, 0.4) is 0 Å². The fourth-order valence-corrected chi connectivity index (χ4v) is 4.93. The number of thiazole rings is 1. The third-order valence-corrected chi connectivity index (χ3v) is 6.42. The number of anilines is 1. The number of rotatable bonds is 6. The fourth-order valence-electron chi connectivity index (χ4n) is 3.35. The molecule has 1 aromatic heterocycles. The maximum atomic E-state index is 12.3. The minimum absolute atomic E-state index is 0.115. The van der Waals surface area contributed by atoms with E-state index >= 15 is 0 Å². The molecule has 0 saturated carbocycles. The summed E-state index contributed by atoms with van der Waals surface area (Å²) in [7, 11) is 0. The molecular formula is C22H19Cl2N3O2S. The molecule has 2 amide bonds. The first-order valence-corrected chi connectivity index (χ1v) is 11.2. The maximum Gasteiger partial charge on any atom is 0.227 e. The zero-order valence-corrected chi connectivity index (χ0v) is 18.4. The average molecular weight is 460 g/mol. The number of amides is 2. The van der Waals surface area contributed by atoms with Crippen molar-refractivity contribution >= 4 is 52.0 Å². The van der Waals surface area contributed by atoms with E-state index in [9.17, 15) is 9.59 Å². The minimum atomic E-state index is -0.115. The highest BCUT2D eigenvalue weighted by Crippen LogP contribution is 2.36. The standard InChI is InChI=1S/C22H19Cl2N3O2S/c23-17-3-1-4-18(24)21(17)22-26-15(13-30-22)11-19(28)25-12-14-6-8-16(9-7-14)27-10-2-5-20(27)29/h1,3-4,6-9,13H,2,5,10-12H2,(H,25,28). The van der Waals surface area contributed by atoms with E-state index in [2.05, 4.69) is 10.3 Å². The van der Waals surface area contributed by atoms with Crippen LogP contribution in [-0.2, 0) is 22.6 Å². The number of halogens is 2.